The number of amides is 2. The summed E-state index contributed by atoms with van der Waals surface area (Å²) in [6.45, 7) is 8.80. The summed E-state index contributed by atoms with van der Waals surface area (Å²) >= 11 is 0. The molecule has 0 radical (unpaired) electrons. The predicted molar refractivity (Wildman–Crippen MR) is 140 cm³/mol. The second-order valence-corrected chi connectivity index (χ2v) is 9.47. The number of esters is 1. The van der Waals surface area contributed by atoms with Crippen molar-refractivity contribution in [2.24, 2.45) is 0 Å². The Labute approximate surface area is 214 Å². The largest absolute Gasteiger partial charge is 0.504 e. The monoisotopic (exact) mass is 506 g/mol. The number of anilines is 3. The fraction of sp³-hybridized carbons (Fsp3) is 0.259. The van der Waals surface area contributed by atoms with E-state index in [4.69, 9.17) is 15.2 Å². The summed E-state index contributed by atoms with van der Waals surface area (Å²) in [5.74, 6) is -2.15. The second-order valence-electron chi connectivity index (χ2n) is 9.47. The minimum Gasteiger partial charge on any atom is -0.504 e. The standard InChI is InChI=1S/C27H30N4O6/c1-15(2)36-23-20(31-25(34)21-12-8-17(28)14-29-21)13-11-19(22(23)32)24(33)30-18-9-6-16(7-10-18)26(35)37-27(3,4)5/h6-15,32H,28H2,1-5H3,(H,30,33)(H,31,34). The summed E-state index contributed by atoms with van der Waals surface area (Å²) in [5, 5.41) is 16.2. The maximum atomic E-state index is 12.9. The number of nitrogens with two attached hydrogens (primary N) is 1. The smallest absolute Gasteiger partial charge is 0.338 e. The van der Waals surface area contributed by atoms with Gasteiger partial charge in [-0.15, -0.1) is 0 Å². The molecule has 1 heterocycles. The van der Waals surface area contributed by atoms with Gasteiger partial charge >= 0.3 is 5.97 Å². The van der Waals surface area contributed by atoms with Crippen LogP contribution in [0.4, 0.5) is 17.1 Å². The van der Waals surface area contributed by atoms with Gasteiger partial charge in [0.25, 0.3) is 11.8 Å². The molecule has 0 unspecified atom stereocenters. The number of aromatic nitrogens is 1. The van der Waals surface area contributed by atoms with Gasteiger partial charge in [0.2, 0.25) is 0 Å². The number of nitrogens with zero attached hydrogens (tertiary/aromatic N) is 1. The molecule has 10 nitrogen and oxygen atoms in total. The third-order valence-corrected chi connectivity index (χ3v) is 4.77. The van der Waals surface area contributed by atoms with E-state index in [0.717, 1.165) is 0 Å². The van der Waals surface area contributed by atoms with Gasteiger partial charge in [0.05, 0.1) is 34.8 Å². The summed E-state index contributed by atoms with van der Waals surface area (Å²) in [6.07, 6.45) is 0.987. The average Bonchev–Trinajstić information content (AvgIpc) is 2.81. The summed E-state index contributed by atoms with van der Waals surface area (Å²) in [4.78, 5) is 41.7. The Balaban J connectivity index is 1.81. The third kappa shape index (κ3) is 7.20. The van der Waals surface area contributed by atoms with E-state index in [-0.39, 0.29) is 28.8 Å². The summed E-state index contributed by atoms with van der Waals surface area (Å²) in [6, 6.07) is 12.0. The van der Waals surface area contributed by atoms with Crippen LogP contribution in [-0.2, 0) is 4.74 Å². The molecule has 2 aromatic carbocycles. The van der Waals surface area contributed by atoms with Crippen LogP contribution < -0.4 is 21.1 Å². The van der Waals surface area contributed by atoms with Gasteiger partial charge in [-0.1, -0.05) is 0 Å². The SMILES string of the molecule is CC(C)Oc1c(NC(=O)c2ccc(N)cn2)ccc(C(=O)Nc2ccc(C(=O)OC(C)(C)C)cc2)c1O. The minimum absolute atomic E-state index is 0.0632. The van der Waals surface area contributed by atoms with Crippen molar-refractivity contribution in [3.63, 3.8) is 0 Å². The Kier molecular flexibility index (Phi) is 8.01. The molecule has 0 aliphatic heterocycles. The van der Waals surface area contributed by atoms with Gasteiger partial charge < -0.3 is 30.9 Å². The van der Waals surface area contributed by atoms with Crippen molar-refractivity contribution >= 4 is 34.8 Å². The van der Waals surface area contributed by atoms with Gasteiger partial charge in [-0.2, -0.15) is 0 Å². The number of rotatable bonds is 7. The minimum atomic E-state index is -0.630. The maximum absolute atomic E-state index is 12.9. The Morgan fingerprint density at radius 3 is 2.19 bits per heavy atom. The lowest BCUT2D eigenvalue weighted by atomic mass is 10.1. The zero-order valence-corrected chi connectivity index (χ0v) is 21.3. The van der Waals surface area contributed by atoms with Crippen LogP contribution in [0.3, 0.4) is 0 Å². The van der Waals surface area contributed by atoms with Gasteiger partial charge in [0.1, 0.15) is 11.3 Å². The molecule has 3 aromatic rings. The number of hydrogen-bond acceptors (Lipinski definition) is 8. The molecule has 37 heavy (non-hydrogen) atoms. The lowest BCUT2D eigenvalue weighted by Gasteiger charge is -2.19. The molecule has 0 aliphatic carbocycles. The van der Waals surface area contributed by atoms with Crippen LogP contribution in [0, 0.1) is 0 Å². The Morgan fingerprint density at radius 2 is 1.62 bits per heavy atom. The molecule has 0 atom stereocenters. The molecule has 3 rings (SSSR count). The summed E-state index contributed by atoms with van der Waals surface area (Å²) < 4.78 is 11.1. The highest BCUT2D eigenvalue weighted by Crippen LogP contribution is 2.39. The van der Waals surface area contributed by atoms with Crippen LogP contribution in [-0.4, -0.2) is 39.6 Å². The number of benzene rings is 2. The van der Waals surface area contributed by atoms with Gasteiger partial charge in [-0.05, 0) is 83.1 Å². The second kappa shape index (κ2) is 11.0. The van der Waals surface area contributed by atoms with E-state index in [1.807, 2.05) is 0 Å². The fourth-order valence-corrected chi connectivity index (χ4v) is 3.16. The number of carbonyl (C=O) groups excluding carboxylic acids is 3. The molecule has 0 spiro atoms. The molecular formula is C27H30N4O6. The highest BCUT2D eigenvalue weighted by atomic mass is 16.6. The highest BCUT2D eigenvalue weighted by Gasteiger charge is 2.22. The lowest BCUT2D eigenvalue weighted by Crippen LogP contribution is -2.23. The number of nitrogens with one attached hydrogen (secondary N) is 2. The number of hydrogen-bond donors (Lipinski definition) is 4. The van der Waals surface area contributed by atoms with Crippen molar-refractivity contribution in [2.75, 3.05) is 16.4 Å². The number of carbonyl (C=O) groups is 3. The molecule has 194 valence electrons. The van der Waals surface area contributed by atoms with E-state index in [1.165, 1.54) is 36.5 Å². The average molecular weight is 507 g/mol. The number of aromatic hydroxyl groups is 1. The number of ether oxygens (including phenoxy) is 2. The maximum Gasteiger partial charge on any atom is 0.338 e. The van der Waals surface area contributed by atoms with E-state index >= 15 is 0 Å². The van der Waals surface area contributed by atoms with E-state index in [2.05, 4.69) is 15.6 Å². The van der Waals surface area contributed by atoms with Crippen molar-refractivity contribution in [1.29, 1.82) is 0 Å². The van der Waals surface area contributed by atoms with Crippen LogP contribution in [0.5, 0.6) is 11.5 Å². The van der Waals surface area contributed by atoms with Crippen LogP contribution >= 0.6 is 0 Å². The number of phenols is 1. The van der Waals surface area contributed by atoms with Gasteiger partial charge in [-0.25, -0.2) is 9.78 Å². The molecular weight excluding hydrogens is 476 g/mol. The molecule has 0 bridgehead atoms. The highest BCUT2D eigenvalue weighted by molar-refractivity contribution is 6.09. The number of nitrogen functional groups attached to an aromatic ring is 1. The molecule has 0 saturated carbocycles. The first kappa shape index (κ1) is 27.0. The molecule has 0 fully saturated rings. The van der Waals surface area contributed by atoms with Gasteiger partial charge in [0.15, 0.2) is 11.5 Å². The van der Waals surface area contributed by atoms with Gasteiger partial charge in [0, 0.05) is 5.69 Å². The van der Waals surface area contributed by atoms with Crippen LogP contribution in [0.15, 0.2) is 54.7 Å². The van der Waals surface area contributed by atoms with Gasteiger partial charge in [-0.3, -0.25) is 9.59 Å². The Bertz CT molecular complexity index is 1300. The zero-order valence-electron chi connectivity index (χ0n) is 21.3. The molecule has 0 aliphatic rings. The topological polar surface area (TPSA) is 153 Å². The quantitative estimate of drug-likeness (QED) is 0.339. The van der Waals surface area contributed by atoms with Crippen LogP contribution in [0.25, 0.3) is 0 Å². The van der Waals surface area contributed by atoms with E-state index < -0.39 is 29.1 Å². The lowest BCUT2D eigenvalue weighted by molar-refractivity contribution is 0.00693. The molecule has 1 aromatic heterocycles. The molecule has 2 amide bonds. The van der Waals surface area contributed by atoms with E-state index in [1.54, 1.807) is 52.8 Å². The Morgan fingerprint density at radius 1 is 0.946 bits per heavy atom. The molecule has 5 N–H and O–H groups in total. The van der Waals surface area contributed by atoms with Crippen molar-refractivity contribution in [3.05, 3.63) is 71.5 Å². The first-order valence-corrected chi connectivity index (χ1v) is 11.5. The number of phenolic OH excluding ortho intramolecular Hbond substituents is 1. The Hall–Kier alpha value is -4.60. The summed E-state index contributed by atoms with van der Waals surface area (Å²) in [7, 11) is 0. The van der Waals surface area contributed by atoms with E-state index in [0.29, 0.717) is 16.9 Å². The predicted octanol–water partition coefficient (Wildman–Crippen LogP) is 4.62. The van der Waals surface area contributed by atoms with Crippen molar-refractivity contribution < 1.29 is 29.0 Å². The first-order valence-electron chi connectivity index (χ1n) is 11.5. The summed E-state index contributed by atoms with van der Waals surface area (Å²) in [5.41, 5.74) is 6.32. The first-order chi connectivity index (χ1) is 17.3. The van der Waals surface area contributed by atoms with Crippen LogP contribution in [0.1, 0.15) is 65.8 Å². The fourth-order valence-electron chi connectivity index (χ4n) is 3.16. The third-order valence-electron chi connectivity index (χ3n) is 4.77. The van der Waals surface area contributed by atoms with Crippen molar-refractivity contribution in [1.82, 2.24) is 4.98 Å². The zero-order chi connectivity index (χ0) is 27.3. The van der Waals surface area contributed by atoms with E-state index in [9.17, 15) is 19.5 Å². The normalized spacial score (nSPS) is 11.1. The van der Waals surface area contributed by atoms with Crippen molar-refractivity contribution in [3.8, 4) is 11.5 Å². The molecule has 0 saturated heterocycles. The van der Waals surface area contributed by atoms with Crippen molar-refractivity contribution in [2.45, 2.75) is 46.3 Å². The number of pyridine rings is 1. The van der Waals surface area contributed by atoms with Crippen LogP contribution in [0.2, 0.25) is 0 Å². The molecule has 10 heteroatoms.